The Kier molecular flexibility index (Phi) is 8.10. The lowest BCUT2D eigenvalue weighted by Gasteiger charge is -2.25. The smallest absolute Gasteiger partial charge is 0.271 e. The molecule has 2 aromatic carbocycles. The first-order chi connectivity index (χ1) is 20.7. The Balaban J connectivity index is 1.42. The number of H-pyrrole nitrogens is 1. The Morgan fingerprint density at radius 1 is 1.14 bits per heavy atom. The molecule has 4 heterocycles. The maximum atomic E-state index is 14.0. The zero-order valence-electron chi connectivity index (χ0n) is 22.6. The number of halogens is 2. The fourth-order valence-corrected chi connectivity index (χ4v) is 7.13. The van der Waals surface area contributed by atoms with Gasteiger partial charge in [0.1, 0.15) is 5.76 Å². The molecule has 0 aliphatic carbocycles. The van der Waals surface area contributed by atoms with Crippen LogP contribution in [-0.2, 0) is 4.79 Å². The van der Waals surface area contributed by atoms with Crippen LogP contribution in [0, 0.1) is 6.92 Å². The highest BCUT2D eigenvalue weighted by molar-refractivity contribution is 9.10. The summed E-state index contributed by atoms with van der Waals surface area (Å²) >= 11 is 12.0. The monoisotopic (exact) mass is 693 g/mol. The van der Waals surface area contributed by atoms with E-state index < -0.39 is 6.04 Å². The van der Waals surface area contributed by atoms with Gasteiger partial charge in [0.05, 0.1) is 26.3 Å². The van der Waals surface area contributed by atoms with Crippen LogP contribution < -0.4 is 25.8 Å². The van der Waals surface area contributed by atoms with E-state index in [4.69, 9.17) is 16.0 Å². The minimum Gasteiger partial charge on any atom is -0.449 e. The molecule has 0 unspecified atom stereocenters. The van der Waals surface area contributed by atoms with Crippen LogP contribution in [-0.4, -0.2) is 20.4 Å². The Labute approximate surface area is 265 Å². The average molecular weight is 695 g/mol. The number of hydrogen-bond donors (Lipinski definition) is 2. The third-order valence-electron chi connectivity index (χ3n) is 6.47. The van der Waals surface area contributed by atoms with Gasteiger partial charge < -0.3 is 14.7 Å². The number of anilines is 1. The summed E-state index contributed by atoms with van der Waals surface area (Å²) in [4.78, 5) is 51.6. The van der Waals surface area contributed by atoms with Gasteiger partial charge in [0.2, 0.25) is 0 Å². The molecule has 1 aliphatic heterocycles. The summed E-state index contributed by atoms with van der Waals surface area (Å²) in [5, 5.41) is 4.31. The summed E-state index contributed by atoms with van der Waals surface area (Å²) in [5.41, 5.74) is 2.18. The van der Waals surface area contributed by atoms with Crippen LogP contribution in [0.25, 0.3) is 6.08 Å². The van der Waals surface area contributed by atoms with Gasteiger partial charge in [0.25, 0.3) is 17.0 Å². The van der Waals surface area contributed by atoms with Gasteiger partial charge in [-0.3, -0.25) is 19.0 Å². The molecule has 5 aromatic rings. The molecule has 0 fully saturated rings. The van der Waals surface area contributed by atoms with E-state index in [-0.39, 0.29) is 17.0 Å². The topological polar surface area (TPSA) is 122 Å². The fourth-order valence-electron chi connectivity index (χ4n) is 4.62. The lowest BCUT2D eigenvalue weighted by Crippen LogP contribution is -2.40. The Morgan fingerprint density at radius 2 is 1.88 bits per heavy atom. The van der Waals surface area contributed by atoms with Crippen molar-refractivity contribution in [1.29, 1.82) is 0 Å². The van der Waals surface area contributed by atoms with E-state index >= 15 is 0 Å². The van der Waals surface area contributed by atoms with Crippen molar-refractivity contribution < 1.29 is 9.21 Å². The first kappa shape index (κ1) is 29.1. The van der Waals surface area contributed by atoms with Gasteiger partial charge >= 0.3 is 0 Å². The van der Waals surface area contributed by atoms with E-state index in [2.05, 4.69) is 36.2 Å². The summed E-state index contributed by atoms with van der Waals surface area (Å²) < 4.78 is 8.53. The zero-order chi connectivity index (χ0) is 30.2. The summed E-state index contributed by atoms with van der Waals surface area (Å²) in [6, 6.07) is 18.6. The lowest BCUT2D eigenvalue weighted by atomic mass is 9.95. The van der Waals surface area contributed by atoms with E-state index in [1.54, 1.807) is 62.4 Å². The summed E-state index contributed by atoms with van der Waals surface area (Å²) in [6.45, 7) is 3.49. The molecule has 0 saturated heterocycles. The number of rotatable bonds is 6. The number of aromatic amines is 1. The number of para-hydroxylation sites is 1. The number of carbonyl (C=O) groups excluding carboxylic acids is 1. The van der Waals surface area contributed by atoms with Gasteiger partial charge in [-0.1, -0.05) is 53.3 Å². The number of aromatic nitrogens is 3. The van der Waals surface area contributed by atoms with Gasteiger partial charge in [-0.2, -0.15) is 0 Å². The van der Waals surface area contributed by atoms with Crippen molar-refractivity contribution >= 4 is 68.3 Å². The standard InChI is InChI=1S/C30H21BrClN5O4S2/c1-15-12-23(38)36-29(33-15)43-28-21(31)13-20(41-28)14-22-27(40)37-25(17-8-10-18(32)11-9-17)24(16(2)34-30(37)42-22)26(39)35-19-6-4-3-5-7-19/h3-14,25H,1-2H3,(H,35,39)(H,33,36,38)/b22-14+/t25-/m1/s1. The molecule has 0 radical (unpaired) electrons. The third kappa shape index (κ3) is 6.09. The molecule has 2 N–H and O–H groups in total. The Hall–Kier alpha value is -3.97. The molecule has 43 heavy (non-hydrogen) atoms. The number of aryl methyl sites for hydroxylation is 1. The SMILES string of the molecule is CC1=C(C(=O)Nc2ccccc2)[C@@H](c2ccc(Cl)cc2)n2c(s/c(=C/c3cc(Br)c(Sc4nc(C)cc(=O)[nH]4)o3)c2=O)=N1. The summed E-state index contributed by atoms with van der Waals surface area (Å²) in [5.74, 6) is 0.0524. The van der Waals surface area contributed by atoms with Crippen LogP contribution in [0.2, 0.25) is 5.02 Å². The highest BCUT2D eigenvalue weighted by Gasteiger charge is 2.32. The van der Waals surface area contributed by atoms with Crippen molar-refractivity contribution in [2.75, 3.05) is 5.32 Å². The third-order valence-corrected chi connectivity index (χ3v) is 9.43. The quantitative estimate of drug-likeness (QED) is 0.229. The second-order valence-electron chi connectivity index (χ2n) is 9.53. The van der Waals surface area contributed by atoms with E-state index in [1.165, 1.54) is 22.0 Å². The van der Waals surface area contributed by atoms with Gasteiger partial charge in [-0.05, 0) is 77.4 Å². The van der Waals surface area contributed by atoms with Crippen LogP contribution >= 0.6 is 50.6 Å². The van der Waals surface area contributed by atoms with E-state index in [9.17, 15) is 14.4 Å². The molecule has 1 atom stereocenters. The molecule has 9 nitrogen and oxygen atoms in total. The van der Waals surface area contributed by atoms with Crippen molar-refractivity contribution in [3.63, 3.8) is 0 Å². The second kappa shape index (κ2) is 12.0. The van der Waals surface area contributed by atoms with E-state index in [1.807, 2.05) is 18.2 Å². The van der Waals surface area contributed by atoms with Crippen molar-refractivity contribution in [2.24, 2.45) is 4.99 Å². The molecule has 0 saturated carbocycles. The van der Waals surface area contributed by atoms with Gasteiger partial charge in [-0.25, -0.2) is 9.98 Å². The molecule has 0 bridgehead atoms. The second-order valence-corrected chi connectivity index (χ2v) is 12.8. The number of hydrogen-bond acceptors (Lipinski definition) is 8. The number of furan rings is 1. The maximum absolute atomic E-state index is 14.0. The minimum absolute atomic E-state index is 0.263. The number of allylic oxidation sites excluding steroid dienone is 1. The van der Waals surface area contributed by atoms with Crippen LogP contribution in [0.15, 0.2) is 112 Å². The fraction of sp³-hybridized carbons (Fsp3) is 0.100. The molecule has 216 valence electrons. The first-order valence-corrected chi connectivity index (χ1v) is 15.7. The molecule has 1 aliphatic rings. The molecule has 0 spiro atoms. The number of amides is 1. The highest BCUT2D eigenvalue weighted by Crippen LogP contribution is 2.35. The molecule has 1 amide bonds. The van der Waals surface area contributed by atoms with E-state index in [0.29, 0.717) is 63.1 Å². The highest BCUT2D eigenvalue weighted by atomic mass is 79.9. The number of nitrogens with one attached hydrogen (secondary N) is 2. The van der Waals surface area contributed by atoms with Crippen LogP contribution in [0.5, 0.6) is 0 Å². The molecular formula is C30H21BrClN5O4S2. The molecule has 6 rings (SSSR count). The normalized spacial score (nSPS) is 14.9. The van der Waals surface area contributed by atoms with Gasteiger partial charge in [-0.15, -0.1) is 0 Å². The largest absolute Gasteiger partial charge is 0.449 e. The van der Waals surface area contributed by atoms with Crippen molar-refractivity contribution in [3.05, 3.63) is 135 Å². The van der Waals surface area contributed by atoms with Crippen LogP contribution in [0.3, 0.4) is 0 Å². The van der Waals surface area contributed by atoms with Crippen molar-refractivity contribution in [2.45, 2.75) is 30.1 Å². The maximum Gasteiger partial charge on any atom is 0.271 e. The lowest BCUT2D eigenvalue weighted by molar-refractivity contribution is -0.113. The van der Waals surface area contributed by atoms with Gasteiger partial charge in [0, 0.05) is 28.5 Å². The summed E-state index contributed by atoms with van der Waals surface area (Å²) in [6.07, 6.45) is 1.63. The number of carbonyl (C=O) groups is 1. The predicted molar refractivity (Wildman–Crippen MR) is 170 cm³/mol. The van der Waals surface area contributed by atoms with Crippen LogP contribution in [0.1, 0.15) is 30.0 Å². The molecular weight excluding hydrogens is 674 g/mol. The summed E-state index contributed by atoms with van der Waals surface area (Å²) in [7, 11) is 0. The first-order valence-electron chi connectivity index (χ1n) is 12.9. The number of thiazole rings is 1. The molecule has 13 heteroatoms. The minimum atomic E-state index is -0.738. The Morgan fingerprint density at radius 3 is 2.60 bits per heavy atom. The van der Waals surface area contributed by atoms with Crippen molar-refractivity contribution in [1.82, 2.24) is 14.5 Å². The van der Waals surface area contributed by atoms with Crippen molar-refractivity contribution in [3.8, 4) is 0 Å². The predicted octanol–water partition coefficient (Wildman–Crippen LogP) is 5.43. The average Bonchev–Trinajstić information content (AvgIpc) is 3.45. The number of nitrogens with zero attached hydrogens (tertiary/aromatic N) is 3. The van der Waals surface area contributed by atoms with E-state index in [0.717, 1.165) is 11.8 Å². The number of fused-ring (bicyclic) bond motifs is 1. The molecule has 3 aromatic heterocycles. The zero-order valence-corrected chi connectivity index (χ0v) is 26.5. The van der Waals surface area contributed by atoms with Gasteiger partial charge in [0.15, 0.2) is 15.1 Å². The Bertz CT molecular complexity index is 2150. The van der Waals surface area contributed by atoms with Crippen LogP contribution in [0.4, 0.5) is 5.69 Å². The number of benzene rings is 2.